The van der Waals surface area contributed by atoms with Crippen LogP contribution in [0.2, 0.25) is 0 Å². The summed E-state index contributed by atoms with van der Waals surface area (Å²) in [7, 11) is 4.15. The molecule has 0 aliphatic heterocycles. The predicted molar refractivity (Wildman–Crippen MR) is 67.6 cm³/mol. The lowest BCUT2D eigenvalue weighted by molar-refractivity contribution is 0.857. The molecule has 1 rings (SSSR count). The van der Waals surface area contributed by atoms with Crippen LogP contribution in [0.3, 0.4) is 0 Å². The van der Waals surface area contributed by atoms with Gasteiger partial charge >= 0.3 is 0 Å². The SMILES string of the molecule is CC(C)c1ccc(N(C)C)c(CCN)c1. The molecule has 2 N–H and O–H groups in total. The molecule has 1 aromatic carbocycles. The van der Waals surface area contributed by atoms with Crippen molar-refractivity contribution < 1.29 is 0 Å². The number of nitrogens with two attached hydrogens (primary N) is 1. The van der Waals surface area contributed by atoms with Crippen molar-refractivity contribution >= 4 is 5.69 Å². The maximum Gasteiger partial charge on any atom is 0.0394 e. The molecule has 0 fully saturated rings. The molecule has 0 saturated carbocycles. The standard InChI is InChI=1S/C13H22N2/c1-10(2)11-5-6-13(15(3)4)12(9-11)7-8-14/h5-6,9-10H,7-8,14H2,1-4H3. The minimum absolute atomic E-state index is 0.581. The highest BCUT2D eigenvalue weighted by Crippen LogP contribution is 2.24. The Morgan fingerprint density at radius 2 is 1.93 bits per heavy atom. The Kier molecular flexibility index (Phi) is 4.15. The Morgan fingerprint density at radius 3 is 2.40 bits per heavy atom. The van der Waals surface area contributed by atoms with Crippen molar-refractivity contribution in [2.75, 3.05) is 25.5 Å². The fourth-order valence-corrected chi connectivity index (χ4v) is 1.76. The molecule has 0 radical (unpaired) electrons. The summed E-state index contributed by atoms with van der Waals surface area (Å²) in [5, 5.41) is 0. The third kappa shape index (κ3) is 2.96. The molecule has 0 aromatic heterocycles. The molecule has 1 aromatic rings. The van der Waals surface area contributed by atoms with Crippen molar-refractivity contribution in [3.05, 3.63) is 29.3 Å². The van der Waals surface area contributed by atoms with Gasteiger partial charge in [-0.3, -0.25) is 0 Å². The molecular formula is C13H22N2. The lowest BCUT2D eigenvalue weighted by Gasteiger charge is -2.19. The molecule has 0 amide bonds. The number of anilines is 1. The second-order valence-electron chi connectivity index (χ2n) is 4.48. The number of benzene rings is 1. The van der Waals surface area contributed by atoms with Crippen LogP contribution >= 0.6 is 0 Å². The van der Waals surface area contributed by atoms with Crippen LogP contribution < -0.4 is 10.6 Å². The van der Waals surface area contributed by atoms with Crippen LogP contribution in [0.25, 0.3) is 0 Å². The lowest BCUT2D eigenvalue weighted by Crippen LogP contribution is -2.14. The summed E-state index contributed by atoms with van der Waals surface area (Å²) in [5.41, 5.74) is 9.67. The van der Waals surface area contributed by atoms with E-state index in [2.05, 4.69) is 51.0 Å². The van der Waals surface area contributed by atoms with Crippen molar-refractivity contribution in [2.45, 2.75) is 26.2 Å². The molecule has 0 unspecified atom stereocenters. The van der Waals surface area contributed by atoms with E-state index in [1.165, 1.54) is 16.8 Å². The number of rotatable bonds is 4. The number of hydrogen-bond acceptors (Lipinski definition) is 2. The van der Waals surface area contributed by atoms with Crippen molar-refractivity contribution in [1.82, 2.24) is 0 Å². The average Bonchev–Trinajstić information content (AvgIpc) is 2.17. The van der Waals surface area contributed by atoms with Gasteiger partial charge in [0.2, 0.25) is 0 Å². The van der Waals surface area contributed by atoms with E-state index in [0.29, 0.717) is 12.5 Å². The predicted octanol–water partition coefficient (Wildman–Crippen LogP) is 2.38. The second-order valence-corrected chi connectivity index (χ2v) is 4.48. The normalized spacial score (nSPS) is 10.8. The largest absolute Gasteiger partial charge is 0.377 e. The monoisotopic (exact) mass is 206 g/mol. The Balaban J connectivity index is 3.08. The first-order valence-corrected chi connectivity index (χ1v) is 5.56. The highest BCUT2D eigenvalue weighted by Gasteiger charge is 2.07. The van der Waals surface area contributed by atoms with Gasteiger partial charge < -0.3 is 10.6 Å². The first-order chi connectivity index (χ1) is 7.06. The third-order valence-corrected chi connectivity index (χ3v) is 2.67. The zero-order chi connectivity index (χ0) is 11.4. The molecule has 0 aliphatic carbocycles. The summed E-state index contributed by atoms with van der Waals surface area (Å²) in [5.74, 6) is 0.581. The van der Waals surface area contributed by atoms with E-state index >= 15 is 0 Å². The molecule has 84 valence electrons. The molecule has 0 saturated heterocycles. The number of hydrogen-bond donors (Lipinski definition) is 1. The topological polar surface area (TPSA) is 29.3 Å². The van der Waals surface area contributed by atoms with Crippen LogP contribution in [0.15, 0.2) is 18.2 Å². The minimum atomic E-state index is 0.581. The summed E-state index contributed by atoms with van der Waals surface area (Å²) in [6.45, 7) is 5.15. The van der Waals surface area contributed by atoms with Gasteiger partial charge in [0.25, 0.3) is 0 Å². The zero-order valence-corrected chi connectivity index (χ0v) is 10.2. The molecule has 2 heteroatoms. The van der Waals surface area contributed by atoms with E-state index in [1.54, 1.807) is 0 Å². The molecule has 0 aliphatic rings. The molecule has 0 heterocycles. The summed E-state index contributed by atoms with van der Waals surface area (Å²) in [4.78, 5) is 2.15. The third-order valence-electron chi connectivity index (χ3n) is 2.67. The van der Waals surface area contributed by atoms with Gasteiger partial charge in [-0.2, -0.15) is 0 Å². The van der Waals surface area contributed by atoms with E-state index < -0.39 is 0 Å². The van der Waals surface area contributed by atoms with E-state index in [4.69, 9.17) is 5.73 Å². The number of nitrogens with zero attached hydrogens (tertiary/aromatic N) is 1. The first-order valence-electron chi connectivity index (χ1n) is 5.56. The fraction of sp³-hybridized carbons (Fsp3) is 0.538. The fourth-order valence-electron chi connectivity index (χ4n) is 1.76. The van der Waals surface area contributed by atoms with Gasteiger partial charge in [0.15, 0.2) is 0 Å². The smallest absolute Gasteiger partial charge is 0.0394 e. The van der Waals surface area contributed by atoms with Crippen molar-refractivity contribution in [1.29, 1.82) is 0 Å². The molecule has 15 heavy (non-hydrogen) atoms. The van der Waals surface area contributed by atoms with Crippen molar-refractivity contribution in [3.8, 4) is 0 Å². The van der Waals surface area contributed by atoms with Gasteiger partial charge in [-0.15, -0.1) is 0 Å². The molecule has 0 bridgehead atoms. The quantitative estimate of drug-likeness (QED) is 0.819. The Labute approximate surface area is 93.1 Å². The van der Waals surface area contributed by atoms with E-state index in [9.17, 15) is 0 Å². The van der Waals surface area contributed by atoms with E-state index in [-0.39, 0.29) is 0 Å². The Bertz CT molecular complexity index is 316. The van der Waals surface area contributed by atoms with Gasteiger partial charge in [-0.1, -0.05) is 26.0 Å². The van der Waals surface area contributed by atoms with Gasteiger partial charge in [-0.05, 0) is 36.1 Å². The highest BCUT2D eigenvalue weighted by molar-refractivity contribution is 5.54. The van der Waals surface area contributed by atoms with Crippen LogP contribution in [0.5, 0.6) is 0 Å². The molecule has 0 atom stereocenters. The first kappa shape index (κ1) is 12.1. The van der Waals surface area contributed by atoms with Crippen LogP contribution in [-0.4, -0.2) is 20.6 Å². The average molecular weight is 206 g/mol. The van der Waals surface area contributed by atoms with E-state index in [1.807, 2.05) is 0 Å². The molecular weight excluding hydrogens is 184 g/mol. The van der Waals surface area contributed by atoms with Gasteiger partial charge in [0, 0.05) is 19.8 Å². The molecule has 2 nitrogen and oxygen atoms in total. The Hall–Kier alpha value is -1.02. The maximum atomic E-state index is 5.64. The molecule has 0 spiro atoms. The summed E-state index contributed by atoms with van der Waals surface area (Å²) in [6, 6.07) is 6.69. The van der Waals surface area contributed by atoms with Gasteiger partial charge in [0.1, 0.15) is 0 Å². The van der Waals surface area contributed by atoms with Crippen LogP contribution in [0.1, 0.15) is 30.9 Å². The summed E-state index contributed by atoms with van der Waals surface area (Å²) >= 11 is 0. The maximum absolute atomic E-state index is 5.64. The summed E-state index contributed by atoms with van der Waals surface area (Å²) < 4.78 is 0. The summed E-state index contributed by atoms with van der Waals surface area (Å²) in [6.07, 6.45) is 0.952. The van der Waals surface area contributed by atoms with Gasteiger partial charge in [-0.25, -0.2) is 0 Å². The van der Waals surface area contributed by atoms with Crippen molar-refractivity contribution in [2.24, 2.45) is 5.73 Å². The van der Waals surface area contributed by atoms with Crippen LogP contribution in [-0.2, 0) is 6.42 Å². The van der Waals surface area contributed by atoms with E-state index in [0.717, 1.165) is 6.42 Å². The van der Waals surface area contributed by atoms with Gasteiger partial charge in [0.05, 0.1) is 0 Å². The Morgan fingerprint density at radius 1 is 1.27 bits per heavy atom. The zero-order valence-electron chi connectivity index (χ0n) is 10.2. The highest BCUT2D eigenvalue weighted by atomic mass is 15.1. The van der Waals surface area contributed by atoms with Crippen LogP contribution in [0, 0.1) is 0 Å². The lowest BCUT2D eigenvalue weighted by atomic mass is 9.98. The second kappa shape index (κ2) is 5.17. The van der Waals surface area contributed by atoms with Crippen molar-refractivity contribution in [3.63, 3.8) is 0 Å². The van der Waals surface area contributed by atoms with Crippen LogP contribution in [0.4, 0.5) is 5.69 Å². The minimum Gasteiger partial charge on any atom is -0.377 e.